The van der Waals surface area contributed by atoms with Crippen LogP contribution < -0.4 is 0 Å². The SMILES string of the molecule is O=S(=O)(Cc1ccccc1)n1c2ccc(-n3c4ccccc4c4ccccc43)cc2c2cc(-n3c4ccccc4c4ccccc43)ccc21. The summed E-state index contributed by atoms with van der Waals surface area (Å²) in [5, 5.41) is 6.49. The van der Waals surface area contributed by atoms with Crippen LogP contribution in [0.1, 0.15) is 5.56 Å². The molecule has 0 unspecified atom stereocenters. The quantitative estimate of drug-likeness (QED) is 0.186. The Balaban J connectivity index is 1.28. The molecule has 0 amide bonds. The topological polar surface area (TPSA) is 48.9 Å². The summed E-state index contributed by atoms with van der Waals surface area (Å²) in [6.07, 6.45) is 0. The van der Waals surface area contributed by atoms with Crippen molar-refractivity contribution in [3.05, 3.63) is 169 Å². The summed E-state index contributed by atoms with van der Waals surface area (Å²) in [6, 6.07) is 55.5. The van der Waals surface area contributed by atoms with Crippen molar-refractivity contribution >= 4 is 75.4 Å². The van der Waals surface area contributed by atoms with Gasteiger partial charge in [-0.2, -0.15) is 0 Å². The van der Waals surface area contributed by atoms with Gasteiger partial charge in [0.25, 0.3) is 0 Å². The van der Waals surface area contributed by atoms with E-state index in [2.05, 4.69) is 118 Å². The van der Waals surface area contributed by atoms with Crippen molar-refractivity contribution in [3.8, 4) is 11.4 Å². The lowest BCUT2D eigenvalue weighted by Gasteiger charge is -2.11. The van der Waals surface area contributed by atoms with Gasteiger partial charge in [-0.05, 0) is 66.2 Å². The average molecular weight is 652 g/mol. The highest BCUT2D eigenvalue weighted by Crippen LogP contribution is 2.39. The Morgan fingerprint density at radius 1 is 0.367 bits per heavy atom. The average Bonchev–Trinajstić information content (AvgIpc) is 3.77. The van der Waals surface area contributed by atoms with E-state index in [1.54, 1.807) is 3.97 Å². The standard InChI is InChI=1S/C43H29N3O2S/c47-49(48,28-29-12-2-1-3-13-29)46-42-24-22-30(44-38-18-8-4-14-32(38)33-15-5-9-19-39(33)44)26-36(42)37-27-31(23-25-43(37)46)45-40-20-10-6-16-34(40)35-17-7-11-21-41(35)45/h1-27H,28H2. The Labute approximate surface area is 282 Å². The third-order valence-electron chi connectivity index (χ3n) is 9.83. The summed E-state index contributed by atoms with van der Waals surface area (Å²) >= 11 is 0. The van der Waals surface area contributed by atoms with Gasteiger partial charge in [-0.1, -0.05) is 103 Å². The zero-order valence-electron chi connectivity index (χ0n) is 26.4. The lowest BCUT2D eigenvalue weighted by Crippen LogP contribution is -2.15. The maximum absolute atomic E-state index is 14.4. The van der Waals surface area contributed by atoms with Crippen LogP contribution in [0.15, 0.2) is 164 Å². The van der Waals surface area contributed by atoms with Gasteiger partial charge in [0.15, 0.2) is 0 Å². The molecule has 3 heterocycles. The van der Waals surface area contributed by atoms with Gasteiger partial charge in [-0.3, -0.25) is 0 Å². The molecule has 0 saturated heterocycles. The molecule has 0 aliphatic rings. The van der Waals surface area contributed by atoms with Crippen molar-refractivity contribution in [1.29, 1.82) is 0 Å². The van der Waals surface area contributed by atoms with Crippen LogP contribution >= 0.6 is 0 Å². The van der Waals surface area contributed by atoms with E-state index in [0.29, 0.717) is 11.0 Å². The first kappa shape index (κ1) is 28.0. The fourth-order valence-electron chi connectivity index (χ4n) is 7.79. The highest BCUT2D eigenvalue weighted by atomic mass is 32.2. The van der Waals surface area contributed by atoms with Crippen molar-refractivity contribution in [2.45, 2.75) is 5.75 Å². The molecule has 10 aromatic rings. The van der Waals surface area contributed by atoms with Gasteiger partial charge in [0.2, 0.25) is 10.0 Å². The van der Waals surface area contributed by atoms with E-state index in [0.717, 1.165) is 49.8 Å². The van der Waals surface area contributed by atoms with E-state index in [4.69, 9.17) is 0 Å². The normalized spacial score (nSPS) is 12.3. The molecule has 0 fully saturated rings. The van der Waals surface area contributed by atoms with Crippen molar-refractivity contribution < 1.29 is 8.42 Å². The summed E-state index contributed by atoms with van der Waals surface area (Å²) in [5.41, 5.74) is 8.46. The highest BCUT2D eigenvalue weighted by molar-refractivity contribution is 7.89. The Morgan fingerprint density at radius 3 is 1.14 bits per heavy atom. The molecule has 6 heteroatoms. The number of rotatable bonds is 5. The number of hydrogen-bond acceptors (Lipinski definition) is 2. The van der Waals surface area contributed by atoms with Gasteiger partial charge in [0.05, 0.1) is 38.9 Å². The van der Waals surface area contributed by atoms with E-state index >= 15 is 0 Å². The number of benzene rings is 7. The summed E-state index contributed by atoms with van der Waals surface area (Å²) in [6.45, 7) is 0. The van der Waals surface area contributed by atoms with Crippen molar-refractivity contribution in [2.75, 3.05) is 0 Å². The van der Waals surface area contributed by atoms with Crippen molar-refractivity contribution in [1.82, 2.24) is 13.1 Å². The largest absolute Gasteiger partial charge is 0.309 e. The van der Waals surface area contributed by atoms with Crippen LogP contribution in [0.5, 0.6) is 0 Å². The summed E-state index contributed by atoms with van der Waals surface area (Å²) in [7, 11) is -3.79. The Kier molecular flexibility index (Phi) is 5.96. The molecule has 0 N–H and O–H groups in total. The van der Waals surface area contributed by atoms with Gasteiger partial charge in [0, 0.05) is 43.7 Å². The first-order valence-corrected chi connectivity index (χ1v) is 18.0. The predicted octanol–water partition coefficient (Wildman–Crippen LogP) is 10.4. The zero-order chi connectivity index (χ0) is 32.7. The molecule has 3 aromatic heterocycles. The Hall–Kier alpha value is -6.11. The molecule has 0 aliphatic carbocycles. The molecule has 7 aromatic carbocycles. The van der Waals surface area contributed by atoms with Crippen molar-refractivity contribution in [3.63, 3.8) is 0 Å². The van der Waals surface area contributed by atoms with E-state index in [1.165, 1.54) is 21.5 Å². The van der Waals surface area contributed by atoms with Crippen LogP contribution in [0.4, 0.5) is 0 Å². The molecule has 0 aliphatic heterocycles. The molecule has 0 atom stereocenters. The summed E-state index contributed by atoms with van der Waals surface area (Å²) in [5.74, 6) is -0.101. The van der Waals surface area contributed by atoms with Gasteiger partial charge in [-0.15, -0.1) is 0 Å². The number of hydrogen-bond donors (Lipinski definition) is 0. The lowest BCUT2D eigenvalue weighted by atomic mass is 10.1. The molecule has 0 bridgehead atoms. The maximum Gasteiger partial charge on any atom is 0.243 e. The first-order chi connectivity index (χ1) is 24.1. The third-order valence-corrected chi connectivity index (χ3v) is 11.5. The number of nitrogens with zero attached hydrogens (tertiary/aromatic N) is 3. The molecular formula is C43H29N3O2S. The fourth-order valence-corrected chi connectivity index (χ4v) is 9.45. The van der Waals surface area contributed by atoms with E-state index in [-0.39, 0.29) is 5.75 Å². The fraction of sp³-hybridized carbons (Fsp3) is 0.0233. The summed E-state index contributed by atoms with van der Waals surface area (Å²) in [4.78, 5) is 0. The van der Waals surface area contributed by atoms with Gasteiger partial charge >= 0.3 is 0 Å². The minimum Gasteiger partial charge on any atom is -0.309 e. The molecular weight excluding hydrogens is 623 g/mol. The lowest BCUT2D eigenvalue weighted by molar-refractivity contribution is 0.589. The molecule has 10 rings (SSSR count). The Bertz CT molecular complexity index is 2760. The van der Waals surface area contributed by atoms with Crippen molar-refractivity contribution in [2.24, 2.45) is 0 Å². The minimum atomic E-state index is -3.79. The van der Waals surface area contributed by atoms with Crippen LogP contribution in [-0.4, -0.2) is 21.5 Å². The predicted molar refractivity (Wildman–Crippen MR) is 203 cm³/mol. The van der Waals surface area contributed by atoms with E-state index in [9.17, 15) is 8.42 Å². The van der Waals surface area contributed by atoms with Crippen LogP contribution in [-0.2, 0) is 15.8 Å². The van der Waals surface area contributed by atoms with Crippen LogP contribution in [0.25, 0.3) is 76.8 Å². The van der Waals surface area contributed by atoms with E-state index in [1.807, 2.05) is 54.6 Å². The number of aromatic nitrogens is 3. The second-order valence-corrected chi connectivity index (χ2v) is 14.5. The van der Waals surface area contributed by atoms with Crippen LogP contribution in [0, 0.1) is 0 Å². The maximum atomic E-state index is 14.4. The molecule has 0 radical (unpaired) electrons. The first-order valence-electron chi connectivity index (χ1n) is 16.4. The summed E-state index contributed by atoms with van der Waals surface area (Å²) < 4.78 is 34.9. The molecule has 0 spiro atoms. The van der Waals surface area contributed by atoms with Gasteiger partial charge in [0.1, 0.15) is 0 Å². The zero-order valence-corrected chi connectivity index (χ0v) is 27.2. The molecule has 0 saturated carbocycles. The monoisotopic (exact) mass is 651 g/mol. The van der Waals surface area contributed by atoms with Gasteiger partial charge in [-0.25, -0.2) is 12.4 Å². The molecule has 5 nitrogen and oxygen atoms in total. The van der Waals surface area contributed by atoms with Crippen LogP contribution in [0.3, 0.4) is 0 Å². The number of fused-ring (bicyclic) bond motifs is 9. The van der Waals surface area contributed by atoms with Crippen LogP contribution in [0.2, 0.25) is 0 Å². The number of para-hydroxylation sites is 4. The third kappa shape index (κ3) is 4.14. The highest BCUT2D eigenvalue weighted by Gasteiger charge is 2.24. The smallest absolute Gasteiger partial charge is 0.243 e. The second-order valence-electron chi connectivity index (χ2n) is 12.6. The Morgan fingerprint density at radius 2 is 0.735 bits per heavy atom. The van der Waals surface area contributed by atoms with E-state index < -0.39 is 10.0 Å². The van der Waals surface area contributed by atoms with Gasteiger partial charge < -0.3 is 9.13 Å². The molecule has 234 valence electrons. The minimum absolute atomic E-state index is 0.101. The second kappa shape index (κ2) is 10.4. The molecule has 49 heavy (non-hydrogen) atoms.